The Morgan fingerprint density at radius 2 is 1.89 bits per heavy atom. The molecular weight excluding hydrogens is 608 g/mol. The van der Waals surface area contributed by atoms with Crippen LogP contribution in [0.2, 0.25) is 0 Å². The molecule has 2 aliphatic rings. The van der Waals surface area contributed by atoms with Crippen LogP contribution < -0.4 is 10.6 Å². The lowest BCUT2D eigenvalue weighted by Crippen LogP contribution is -2.51. The number of carbonyl (C=O) groups excluding carboxylic acids is 2. The van der Waals surface area contributed by atoms with Gasteiger partial charge in [-0.05, 0) is 42.5 Å². The fourth-order valence-electron chi connectivity index (χ4n) is 5.50. The molecule has 244 valence electrons. The molecule has 45 heavy (non-hydrogen) atoms. The number of ether oxygens (including phenoxy) is 4. The van der Waals surface area contributed by atoms with Crippen molar-refractivity contribution in [2.24, 2.45) is 11.8 Å². The molecule has 2 aliphatic heterocycles. The minimum Gasteiger partial charge on any atom is -0.453 e. The highest BCUT2D eigenvalue weighted by molar-refractivity contribution is 7.89. The van der Waals surface area contributed by atoms with E-state index in [9.17, 15) is 23.1 Å². The molecule has 0 aliphatic carbocycles. The monoisotopic (exact) mass is 646 g/mol. The molecule has 5 rings (SSSR count). The van der Waals surface area contributed by atoms with Crippen molar-refractivity contribution in [3.05, 3.63) is 54.1 Å². The van der Waals surface area contributed by atoms with Gasteiger partial charge in [-0.15, -0.1) is 0 Å². The molecule has 5 atom stereocenters. The first-order valence-electron chi connectivity index (χ1n) is 14.7. The van der Waals surface area contributed by atoms with Gasteiger partial charge in [0.1, 0.15) is 6.10 Å². The first-order valence-corrected chi connectivity index (χ1v) is 16.2. The maximum Gasteiger partial charge on any atom is 0.412 e. The normalized spacial score (nSPS) is 21.1. The maximum atomic E-state index is 14.0. The van der Waals surface area contributed by atoms with Crippen LogP contribution in [0.15, 0.2) is 57.9 Å². The Kier molecular flexibility index (Phi) is 10.2. The number of hydrogen-bond acceptors (Lipinski definition) is 11. The number of alkyl carbamates (subject to hydrolysis) is 1. The van der Waals surface area contributed by atoms with Crippen molar-refractivity contribution in [2.75, 3.05) is 38.7 Å². The molecule has 1 unspecified atom stereocenters. The number of amides is 2. The summed E-state index contributed by atoms with van der Waals surface area (Å²) in [4.78, 5) is 24.7. The molecule has 3 N–H and O–H groups in total. The molecule has 1 aromatic heterocycles. The van der Waals surface area contributed by atoms with Gasteiger partial charge in [0.05, 0.1) is 48.7 Å². The van der Waals surface area contributed by atoms with E-state index in [0.717, 1.165) is 5.56 Å². The Hall–Kier alpha value is -3.76. The lowest BCUT2D eigenvalue weighted by atomic mass is 10.0. The zero-order valence-corrected chi connectivity index (χ0v) is 26.1. The van der Waals surface area contributed by atoms with Gasteiger partial charge in [0.2, 0.25) is 10.0 Å². The highest BCUT2D eigenvalue weighted by atomic mass is 32.2. The van der Waals surface area contributed by atoms with Crippen LogP contribution in [0.3, 0.4) is 0 Å². The fraction of sp³-hybridized carbons (Fsp3) is 0.500. The van der Waals surface area contributed by atoms with E-state index in [0.29, 0.717) is 13.0 Å². The van der Waals surface area contributed by atoms with Crippen LogP contribution in [0.4, 0.5) is 15.4 Å². The Bertz CT molecular complexity index is 1580. The van der Waals surface area contributed by atoms with E-state index in [1.54, 1.807) is 0 Å². The van der Waals surface area contributed by atoms with E-state index in [1.165, 1.54) is 29.6 Å². The average molecular weight is 647 g/mol. The van der Waals surface area contributed by atoms with Crippen molar-refractivity contribution >= 4 is 39.0 Å². The topological polar surface area (TPSA) is 179 Å². The Morgan fingerprint density at radius 3 is 2.62 bits per heavy atom. The number of anilines is 1. The number of nitrogens with one attached hydrogen (secondary N) is 2. The van der Waals surface area contributed by atoms with Crippen molar-refractivity contribution in [1.82, 2.24) is 14.8 Å². The van der Waals surface area contributed by atoms with Crippen LogP contribution >= 0.6 is 0 Å². The maximum absolute atomic E-state index is 14.0. The number of aliphatic hydroxyl groups is 1. The summed E-state index contributed by atoms with van der Waals surface area (Å²) in [5, 5.41) is 20.7. The van der Waals surface area contributed by atoms with Gasteiger partial charge in [0.25, 0.3) is 0 Å². The SMILES string of the molecule is COC(=O)Nc1noc2ccc(S(=O)(=O)N(CC(C)C)C[C@@H](O)[C@H](Cc3ccccc3)NC(=O)OC3CO[C@H]4OCC[C@@H]34)cc12. The number of nitrogens with zero attached hydrogens (tertiary/aromatic N) is 2. The van der Waals surface area contributed by atoms with Gasteiger partial charge in [-0.2, -0.15) is 4.31 Å². The van der Waals surface area contributed by atoms with E-state index < -0.39 is 46.7 Å². The molecule has 15 heteroatoms. The fourth-order valence-corrected chi connectivity index (χ4v) is 7.15. The van der Waals surface area contributed by atoms with Crippen LogP contribution in [0.25, 0.3) is 11.0 Å². The Morgan fingerprint density at radius 1 is 1.11 bits per heavy atom. The zero-order valence-electron chi connectivity index (χ0n) is 25.2. The number of aromatic nitrogens is 1. The van der Waals surface area contributed by atoms with Gasteiger partial charge in [-0.3, -0.25) is 5.32 Å². The predicted molar refractivity (Wildman–Crippen MR) is 161 cm³/mol. The molecule has 2 amide bonds. The van der Waals surface area contributed by atoms with Gasteiger partial charge < -0.3 is 33.9 Å². The standard InChI is InChI=1S/C30H38N4O10S/c1-18(2)15-34(45(38,39)20-9-10-25-22(14-20)27(33-44-25)32-29(36)40-3)16-24(35)23(13-19-7-5-4-6-8-19)31-30(37)43-26-17-42-28-21(26)11-12-41-28/h4-10,14,18,21,23-24,26,28,35H,11-13,15-17H2,1-3H3,(H,31,37)(H,32,33,36)/t21-,23-,24+,26?,28+/m0/s1. The van der Waals surface area contributed by atoms with Crippen molar-refractivity contribution < 1.29 is 46.6 Å². The van der Waals surface area contributed by atoms with Crippen LogP contribution in [-0.2, 0) is 35.4 Å². The molecule has 0 radical (unpaired) electrons. The summed E-state index contributed by atoms with van der Waals surface area (Å²) in [6, 6.07) is 12.5. The number of fused-ring (bicyclic) bond motifs is 2. The molecule has 3 heterocycles. The third-order valence-electron chi connectivity index (χ3n) is 7.75. The summed E-state index contributed by atoms with van der Waals surface area (Å²) in [6.45, 7) is 4.22. The predicted octanol–water partition coefficient (Wildman–Crippen LogP) is 3.11. The minimum atomic E-state index is -4.19. The molecule has 3 aromatic rings. The lowest BCUT2D eigenvalue weighted by Gasteiger charge is -2.31. The molecule has 0 bridgehead atoms. The molecule has 2 fully saturated rings. The quantitative estimate of drug-likeness (QED) is 0.263. The second kappa shape index (κ2) is 14.1. The lowest BCUT2D eigenvalue weighted by molar-refractivity contribution is -0.0907. The minimum absolute atomic E-state index is 0.00173. The molecule has 0 spiro atoms. The molecule has 0 saturated carbocycles. The van der Waals surface area contributed by atoms with Crippen molar-refractivity contribution in [1.29, 1.82) is 0 Å². The average Bonchev–Trinajstić information content (AvgIpc) is 3.74. The van der Waals surface area contributed by atoms with Crippen LogP contribution in [0.5, 0.6) is 0 Å². The highest BCUT2D eigenvalue weighted by Gasteiger charge is 2.44. The molecule has 14 nitrogen and oxygen atoms in total. The first kappa shape index (κ1) is 32.6. The van der Waals surface area contributed by atoms with Crippen LogP contribution in [-0.4, -0.2) is 93.1 Å². The van der Waals surface area contributed by atoms with Crippen molar-refractivity contribution in [3.8, 4) is 0 Å². The Balaban J connectivity index is 1.37. The Labute approximate surface area is 261 Å². The number of rotatable bonds is 12. The summed E-state index contributed by atoms with van der Waals surface area (Å²) < 4.78 is 55.8. The number of hydrogen-bond donors (Lipinski definition) is 3. The number of carbonyl (C=O) groups is 2. The molecule has 2 aromatic carbocycles. The van der Waals surface area contributed by atoms with E-state index >= 15 is 0 Å². The molecule has 2 saturated heterocycles. The number of benzene rings is 2. The second-order valence-electron chi connectivity index (χ2n) is 11.5. The van der Waals surface area contributed by atoms with E-state index in [1.807, 2.05) is 44.2 Å². The smallest absolute Gasteiger partial charge is 0.412 e. The molecular formula is C30H38N4O10S. The summed E-state index contributed by atoms with van der Waals surface area (Å²) in [5.41, 5.74) is 1.08. The van der Waals surface area contributed by atoms with Crippen molar-refractivity contribution in [3.63, 3.8) is 0 Å². The van der Waals surface area contributed by atoms with E-state index in [4.69, 9.17) is 18.7 Å². The third kappa shape index (κ3) is 7.73. The van der Waals surface area contributed by atoms with E-state index in [-0.39, 0.29) is 59.6 Å². The number of sulfonamides is 1. The number of methoxy groups -OCH3 is 1. The van der Waals surface area contributed by atoms with E-state index in [2.05, 4.69) is 20.5 Å². The van der Waals surface area contributed by atoms with Crippen LogP contribution in [0, 0.1) is 11.8 Å². The summed E-state index contributed by atoms with van der Waals surface area (Å²) >= 11 is 0. The zero-order chi connectivity index (χ0) is 32.1. The van der Waals surface area contributed by atoms with Gasteiger partial charge in [-0.25, -0.2) is 18.0 Å². The second-order valence-corrected chi connectivity index (χ2v) is 13.4. The largest absolute Gasteiger partial charge is 0.453 e. The number of aliphatic hydroxyl groups excluding tert-OH is 1. The van der Waals surface area contributed by atoms with Gasteiger partial charge in [-0.1, -0.05) is 49.3 Å². The first-order chi connectivity index (χ1) is 21.5. The summed E-state index contributed by atoms with van der Waals surface area (Å²) in [7, 11) is -3.00. The van der Waals surface area contributed by atoms with Gasteiger partial charge in [0, 0.05) is 13.1 Å². The van der Waals surface area contributed by atoms with Crippen molar-refractivity contribution in [2.45, 2.75) is 56.1 Å². The van der Waals surface area contributed by atoms with Gasteiger partial charge in [0.15, 0.2) is 17.7 Å². The summed E-state index contributed by atoms with van der Waals surface area (Å²) in [5.74, 6) is -0.165. The summed E-state index contributed by atoms with van der Waals surface area (Å²) in [6.07, 6.45) is -2.80. The highest BCUT2D eigenvalue weighted by Crippen LogP contribution is 2.33. The van der Waals surface area contributed by atoms with Gasteiger partial charge >= 0.3 is 12.2 Å². The third-order valence-corrected chi connectivity index (χ3v) is 9.58. The van der Waals surface area contributed by atoms with Crippen LogP contribution in [0.1, 0.15) is 25.8 Å².